The zero-order valence-corrected chi connectivity index (χ0v) is 20.3. The van der Waals surface area contributed by atoms with Crippen molar-refractivity contribution in [1.82, 2.24) is 4.57 Å². The third-order valence-corrected chi connectivity index (χ3v) is 6.20. The van der Waals surface area contributed by atoms with Crippen LogP contribution in [0.4, 0.5) is 0 Å². The first kappa shape index (κ1) is 23.2. The van der Waals surface area contributed by atoms with Crippen LogP contribution in [0.2, 0.25) is 0 Å². The number of esters is 1. The van der Waals surface area contributed by atoms with Gasteiger partial charge in [-0.2, -0.15) is 0 Å². The summed E-state index contributed by atoms with van der Waals surface area (Å²) in [6, 6.07) is 18.6. The van der Waals surface area contributed by atoms with Crippen LogP contribution in [0.1, 0.15) is 34.0 Å². The molecule has 5 rings (SSSR count). The number of carbonyl (C=O) groups excluding carboxylic acids is 2. The molecule has 0 amide bonds. The van der Waals surface area contributed by atoms with Gasteiger partial charge in [-0.1, -0.05) is 30.3 Å². The predicted octanol–water partition coefficient (Wildman–Crippen LogP) is 6.21. The molecule has 0 spiro atoms. The Hall–Kier alpha value is -4.58. The van der Waals surface area contributed by atoms with Crippen LogP contribution in [0.3, 0.4) is 0 Å². The van der Waals surface area contributed by atoms with E-state index < -0.39 is 5.97 Å². The Morgan fingerprint density at radius 2 is 1.89 bits per heavy atom. The smallest absolute Gasteiger partial charge is 0.336 e. The van der Waals surface area contributed by atoms with Crippen molar-refractivity contribution < 1.29 is 23.8 Å². The minimum Gasteiger partial charge on any atom is -0.497 e. The maximum Gasteiger partial charge on any atom is 0.336 e. The Bertz CT molecular complexity index is 1540. The first-order valence-electron chi connectivity index (χ1n) is 11.7. The van der Waals surface area contributed by atoms with E-state index in [2.05, 4.69) is 11.5 Å². The second-order valence-corrected chi connectivity index (χ2v) is 8.42. The highest BCUT2D eigenvalue weighted by Crippen LogP contribution is 2.40. The molecule has 3 aromatic carbocycles. The molecule has 0 bridgehead atoms. The van der Waals surface area contributed by atoms with Crippen LogP contribution in [0.15, 0.2) is 78.7 Å². The number of rotatable bonds is 6. The van der Waals surface area contributed by atoms with Gasteiger partial charge in [0.25, 0.3) is 0 Å². The molecule has 4 aromatic rings. The second-order valence-electron chi connectivity index (χ2n) is 8.42. The molecule has 6 nitrogen and oxygen atoms in total. The van der Waals surface area contributed by atoms with Crippen LogP contribution in [-0.2, 0) is 11.3 Å². The molecule has 1 aliphatic rings. The van der Waals surface area contributed by atoms with Gasteiger partial charge < -0.3 is 18.8 Å². The van der Waals surface area contributed by atoms with Crippen LogP contribution in [0.5, 0.6) is 17.2 Å². The third kappa shape index (κ3) is 4.29. The van der Waals surface area contributed by atoms with Gasteiger partial charge in [-0.05, 0) is 61.9 Å². The molecular formula is C30H25NO5. The van der Waals surface area contributed by atoms with E-state index in [1.807, 2.05) is 54.7 Å². The Labute approximate surface area is 209 Å². The minimum atomic E-state index is -0.511. The Morgan fingerprint density at radius 3 is 2.64 bits per heavy atom. The lowest BCUT2D eigenvalue weighted by molar-refractivity contribution is -0.128. The molecule has 0 saturated carbocycles. The van der Waals surface area contributed by atoms with E-state index in [0.29, 0.717) is 22.6 Å². The summed E-state index contributed by atoms with van der Waals surface area (Å²) < 4.78 is 19.0. The van der Waals surface area contributed by atoms with Crippen molar-refractivity contribution in [3.63, 3.8) is 0 Å². The molecule has 36 heavy (non-hydrogen) atoms. The van der Waals surface area contributed by atoms with Crippen LogP contribution < -0.4 is 14.2 Å². The van der Waals surface area contributed by atoms with Crippen molar-refractivity contribution in [3.8, 4) is 17.2 Å². The van der Waals surface area contributed by atoms with Crippen LogP contribution in [0.25, 0.3) is 23.1 Å². The van der Waals surface area contributed by atoms with Crippen LogP contribution in [-0.4, -0.2) is 23.4 Å². The number of fused-ring (bicyclic) bond motifs is 2. The SMILES string of the molecule is CCn1cc(C=C2Oc3c(ccc(OC(=O)C=Cc4ccccc4)c3C)C2=O)c2cc(OC)ccc21. The number of nitrogens with zero attached hydrogens (tertiary/aromatic N) is 1. The van der Waals surface area contributed by atoms with Crippen LogP contribution in [0, 0.1) is 6.92 Å². The van der Waals surface area contributed by atoms with Gasteiger partial charge in [0.15, 0.2) is 5.76 Å². The zero-order chi connectivity index (χ0) is 25.2. The fraction of sp³-hybridized carbons (Fsp3) is 0.133. The number of methoxy groups -OCH3 is 1. The lowest BCUT2D eigenvalue weighted by atomic mass is 10.1. The van der Waals surface area contributed by atoms with E-state index in [1.165, 1.54) is 6.08 Å². The monoisotopic (exact) mass is 479 g/mol. The van der Waals surface area contributed by atoms with E-state index in [-0.39, 0.29) is 11.5 Å². The number of hydrogen-bond acceptors (Lipinski definition) is 5. The number of hydrogen-bond donors (Lipinski definition) is 0. The fourth-order valence-corrected chi connectivity index (χ4v) is 4.30. The number of Topliss-reactive ketones (excluding diaryl/α,β-unsaturated/α-hetero) is 1. The third-order valence-electron chi connectivity index (χ3n) is 6.20. The molecular weight excluding hydrogens is 454 g/mol. The molecule has 2 heterocycles. The zero-order valence-electron chi connectivity index (χ0n) is 20.3. The highest BCUT2D eigenvalue weighted by Gasteiger charge is 2.30. The van der Waals surface area contributed by atoms with Crippen molar-refractivity contribution in [2.45, 2.75) is 20.4 Å². The summed E-state index contributed by atoms with van der Waals surface area (Å²) in [5, 5.41) is 0.965. The molecule has 0 atom stereocenters. The quantitative estimate of drug-likeness (QED) is 0.187. The van der Waals surface area contributed by atoms with Gasteiger partial charge in [0, 0.05) is 40.8 Å². The molecule has 0 radical (unpaired) electrons. The predicted molar refractivity (Wildman–Crippen MR) is 139 cm³/mol. The lowest BCUT2D eigenvalue weighted by Crippen LogP contribution is -2.05. The second kappa shape index (κ2) is 9.58. The molecule has 6 heteroatoms. The summed E-state index contributed by atoms with van der Waals surface area (Å²) in [5.74, 6) is 0.983. The first-order valence-corrected chi connectivity index (χ1v) is 11.7. The van der Waals surface area contributed by atoms with Gasteiger partial charge >= 0.3 is 5.97 Å². The van der Waals surface area contributed by atoms with Crippen molar-refractivity contribution >= 4 is 34.8 Å². The Morgan fingerprint density at radius 1 is 1.08 bits per heavy atom. The van der Waals surface area contributed by atoms with Crippen LogP contribution >= 0.6 is 0 Å². The normalized spacial score (nSPS) is 13.9. The van der Waals surface area contributed by atoms with Crippen molar-refractivity contribution in [2.75, 3.05) is 7.11 Å². The van der Waals surface area contributed by atoms with E-state index >= 15 is 0 Å². The molecule has 0 unspecified atom stereocenters. The van der Waals surface area contributed by atoms with Gasteiger partial charge in [-0.25, -0.2) is 4.79 Å². The molecule has 0 N–H and O–H groups in total. The molecule has 0 fully saturated rings. The molecule has 1 aliphatic heterocycles. The highest BCUT2D eigenvalue weighted by molar-refractivity contribution is 6.15. The van der Waals surface area contributed by atoms with E-state index in [1.54, 1.807) is 38.3 Å². The number of aryl methyl sites for hydroxylation is 1. The van der Waals surface area contributed by atoms with Gasteiger partial charge in [0.2, 0.25) is 5.78 Å². The Kier molecular flexibility index (Phi) is 6.17. The number of ketones is 1. The van der Waals surface area contributed by atoms with Gasteiger partial charge in [-0.3, -0.25) is 4.79 Å². The molecule has 180 valence electrons. The van der Waals surface area contributed by atoms with Gasteiger partial charge in [0.05, 0.1) is 12.7 Å². The van der Waals surface area contributed by atoms with Crippen molar-refractivity contribution in [2.24, 2.45) is 0 Å². The summed E-state index contributed by atoms with van der Waals surface area (Å²) >= 11 is 0. The Balaban J connectivity index is 1.42. The largest absolute Gasteiger partial charge is 0.497 e. The topological polar surface area (TPSA) is 66.8 Å². The maximum absolute atomic E-state index is 13.1. The highest BCUT2D eigenvalue weighted by atomic mass is 16.5. The van der Waals surface area contributed by atoms with Crippen molar-refractivity contribution in [3.05, 3.63) is 101 Å². The minimum absolute atomic E-state index is 0.213. The van der Waals surface area contributed by atoms with E-state index in [9.17, 15) is 9.59 Å². The summed E-state index contributed by atoms with van der Waals surface area (Å²) in [5.41, 5.74) is 3.82. The lowest BCUT2D eigenvalue weighted by Gasteiger charge is -2.08. The summed E-state index contributed by atoms with van der Waals surface area (Å²) in [6.45, 7) is 4.62. The van der Waals surface area contributed by atoms with Gasteiger partial charge in [0.1, 0.15) is 17.2 Å². The number of aromatic nitrogens is 1. The summed E-state index contributed by atoms with van der Waals surface area (Å²) in [6.07, 6.45) is 6.81. The van der Waals surface area contributed by atoms with E-state index in [0.717, 1.165) is 34.3 Å². The molecule has 1 aromatic heterocycles. The summed E-state index contributed by atoms with van der Waals surface area (Å²) in [4.78, 5) is 25.5. The first-order chi connectivity index (χ1) is 17.5. The fourth-order valence-electron chi connectivity index (χ4n) is 4.30. The van der Waals surface area contributed by atoms with E-state index in [4.69, 9.17) is 14.2 Å². The average Bonchev–Trinajstić information content (AvgIpc) is 3.42. The maximum atomic E-state index is 13.1. The number of allylic oxidation sites excluding steroid dienone is 1. The van der Waals surface area contributed by atoms with Crippen molar-refractivity contribution in [1.29, 1.82) is 0 Å². The number of ether oxygens (including phenoxy) is 3. The average molecular weight is 480 g/mol. The summed E-state index contributed by atoms with van der Waals surface area (Å²) in [7, 11) is 1.63. The number of carbonyl (C=O) groups is 2. The number of benzene rings is 3. The molecule has 0 aliphatic carbocycles. The van der Waals surface area contributed by atoms with Gasteiger partial charge in [-0.15, -0.1) is 0 Å². The standard InChI is InChI=1S/C30H25NO5/c1-4-31-18-21(24-17-22(34-3)11-13-25(24)31)16-27-29(33)23-12-14-26(19(2)30(23)36-27)35-28(32)15-10-20-8-6-5-7-9-20/h5-18H,4H2,1-3H3. The molecule has 0 saturated heterocycles.